The maximum Gasteiger partial charge on any atom is 0.417 e. The van der Waals surface area contributed by atoms with Gasteiger partial charge in [-0.05, 0) is 76.6 Å². The summed E-state index contributed by atoms with van der Waals surface area (Å²) in [6.45, 7) is 7.87. The molecule has 1 aromatic carbocycles. The molecule has 2 aliphatic heterocycles. The molecule has 2 aliphatic rings. The van der Waals surface area contributed by atoms with Gasteiger partial charge in [0.25, 0.3) is 5.91 Å². The van der Waals surface area contributed by atoms with E-state index in [1.54, 1.807) is 20.8 Å². The molecule has 0 aliphatic carbocycles. The average molecular weight is 393 g/mol. The van der Waals surface area contributed by atoms with Gasteiger partial charge in [-0.25, -0.2) is 14.7 Å². The SMILES string of the molecule is Cc1ccc2c(c1)-n1cnc(C=C3CCCN(C(=O)OC(C)(C)C)C3=O)c1CC2. The quantitative estimate of drug-likeness (QED) is 0.681. The Labute approximate surface area is 171 Å². The number of piperidine rings is 1. The van der Waals surface area contributed by atoms with Crippen LogP contribution in [0.4, 0.5) is 4.79 Å². The third-order valence-electron chi connectivity index (χ3n) is 5.30. The second kappa shape index (κ2) is 7.17. The van der Waals surface area contributed by atoms with Crippen LogP contribution in [-0.4, -0.2) is 38.6 Å². The van der Waals surface area contributed by atoms with Crippen molar-refractivity contribution in [3.63, 3.8) is 0 Å². The molecule has 2 aromatic rings. The lowest BCUT2D eigenvalue weighted by Crippen LogP contribution is -2.44. The van der Waals surface area contributed by atoms with Crippen LogP contribution < -0.4 is 0 Å². The lowest BCUT2D eigenvalue weighted by atomic mass is 9.97. The van der Waals surface area contributed by atoms with Gasteiger partial charge in [-0.1, -0.05) is 12.1 Å². The Hall–Kier alpha value is -2.89. The second-order valence-corrected chi connectivity index (χ2v) is 8.79. The number of aromatic nitrogens is 2. The Bertz CT molecular complexity index is 1010. The van der Waals surface area contributed by atoms with E-state index in [1.165, 1.54) is 16.0 Å². The largest absolute Gasteiger partial charge is 0.443 e. The summed E-state index contributed by atoms with van der Waals surface area (Å²) in [5.41, 5.74) is 5.58. The number of aryl methyl sites for hydroxylation is 2. The molecule has 1 saturated heterocycles. The number of hydrogen-bond acceptors (Lipinski definition) is 4. The van der Waals surface area contributed by atoms with Crippen molar-refractivity contribution in [1.29, 1.82) is 0 Å². The van der Waals surface area contributed by atoms with Crippen molar-refractivity contribution in [2.24, 2.45) is 0 Å². The van der Waals surface area contributed by atoms with Crippen molar-refractivity contribution in [2.75, 3.05) is 6.54 Å². The molecule has 0 spiro atoms. The van der Waals surface area contributed by atoms with Gasteiger partial charge < -0.3 is 9.30 Å². The molecule has 4 rings (SSSR count). The Kier molecular flexibility index (Phi) is 4.81. The van der Waals surface area contributed by atoms with Gasteiger partial charge in [-0.3, -0.25) is 4.79 Å². The Morgan fingerprint density at radius 3 is 2.76 bits per heavy atom. The summed E-state index contributed by atoms with van der Waals surface area (Å²) in [4.78, 5) is 31.1. The molecule has 6 heteroatoms. The number of rotatable bonds is 1. The predicted molar refractivity (Wildman–Crippen MR) is 111 cm³/mol. The standard InChI is InChI=1S/C23H27N3O3/c1-15-7-8-16-9-10-19-18(24-14-26(19)20(16)12-15)13-17-6-5-11-25(21(17)27)22(28)29-23(2,3)4/h7-8,12-14H,5-6,9-11H2,1-4H3. The number of imide groups is 1. The molecular weight excluding hydrogens is 366 g/mol. The summed E-state index contributed by atoms with van der Waals surface area (Å²) < 4.78 is 7.51. The number of carbonyl (C=O) groups is 2. The minimum atomic E-state index is -0.632. The minimum absolute atomic E-state index is 0.278. The summed E-state index contributed by atoms with van der Waals surface area (Å²) in [6, 6.07) is 6.48. The lowest BCUT2D eigenvalue weighted by molar-refractivity contribution is -0.127. The van der Waals surface area contributed by atoms with Crippen molar-refractivity contribution in [2.45, 2.75) is 59.0 Å². The maximum absolute atomic E-state index is 12.9. The van der Waals surface area contributed by atoms with Gasteiger partial charge in [-0.15, -0.1) is 0 Å². The van der Waals surface area contributed by atoms with Gasteiger partial charge in [0.2, 0.25) is 0 Å². The first kappa shape index (κ1) is 19.4. The maximum atomic E-state index is 12.9. The summed E-state index contributed by atoms with van der Waals surface area (Å²) >= 11 is 0. The van der Waals surface area contributed by atoms with Crippen molar-refractivity contribution in [3.05, 3.63) is 52.6 Å². The third-order valence-corrected chi connectivity index (χ3v) is 5.30. The van der Waals surface area contributed by atoms with Gasteiger partial charge in [0.15, 0.2) is 0 Å². The number of nitrogens with zero attached hydrogens (tertiary/aromatic N) is 3. The molecule has 0 atom stereocenters. The molecule has 29 heavy (non-hydrogen) atoms. The molecular formula is C23H27N3O3. The lowest BCUT2D eigenvalue weighted by Gasteiger charge is -2.29. The normalized spacial score (nSPS) is 17.9. The summed E-state index contributed by atoms with van der Waals surface area (Å²) in [5, 5.41) is 0. The van der Waals surface area contributed by atoms with Crippen LogP contribution in [0.3, 0.4) is 0 Å². The highest BCUT2D eigenvalue weighted by atomic mass is 16.6. The van der Waals surface area contributed by atoms with Gasteiger partial charge in [0, 0.05) is 12.1 Å². The highest BCUT2D eigenvalue weighted by Crippen LogP contribution is 2.29. The first-order valence-corrected chi connectivity index (χ1v) is 10.1. The van der Waals surface area contributed by atoms with Crippen molar-refractivity contribution in [1.82, 2.24) is 14.5 Å². The zero-order valence-electron chi connectivity index (χ0n) is 17.5. The zero-order valence-corrected chi connectivity index (χ0v) is 17.5. The fraction of sp³-hybridized carbons (Fsp3) is 0.435. The fourth-order valence-electron chi connectivity index (χ4n) is 3.93. The number of ether oxygens (including phenoxy) is 1. The van der Waals surface area contributed by atoms with Crippen LogP contribution in [0, 0.1) is 6.92 Å². The highest BCUT2D eigenvalue weighted by molar-refractivity contribution is 6.05. The van der Waals surface area contributed by atoms with E-state index in [0.717, 1.165) is 36.3 Å². The van der Waals surface area contributed by atoms with Crippen molar-refractivity contribution in [3.8, 4) is 5.69 Å². The van der Waals surface area contributed by atoms with Crippen LogP contribution in [0.15, 0.2) is 30.1 Å². The molecule has 0 radical (unpaired) electrons. The Balaban J connectivity index is 1.62. The molecule has 1 aromatic heterocycles. The van der Waals surface area contributed by atoms with E-state index < -0.39 is 11.7 Å². The molecule has 0 unspecified atom stereocenters. The average Bonchev–Trinajstić information content (AvgIpc) is 3.05. The van der Waals surface area contributed by atoms with Crippen LogP contribution in [0.2, 0.25) is 0 Å². The number of hydrogen-bond donors (Lipinski definition) is 0. The highest BCUT2D eigenvalue weighted by Gasteiger charge is 2.32. The van der Waals surface area contributed by atoms with E-state index in [0.29, 0.717) is 18.5 Å². The smallest absolute Gasteiger partial charge is 0.417 e. The zero-order chi connectivity index (χ0) is 20.8. The van der Waals surface area contributed by atoms with E-state index in [9.17, 15) is 9.59 Å². The third kappa shape index (κ3) is 3.84. The molecule has 1 fully saturated rings. The number of amides is 2. The first-order valence-electron chi connectivity index (χ1n) is 10.1. The summed E-state index contributed by atoms with van der Waals surface area (Å²) in [6.07, 6.45) is 6.30. The topological polar surface area (TPSA) is 64.4 Å². The van der Waals surface area contributed by atoms with E-state index in [4.69, 9.17) is 4.74 Å². The van der Waals surface area contributed by atoms with Gasteiger partial charge >= 0.3 is 6.09 Å². The molecule has 152 valence electrons. The molecule has 0 saturated carbocycles. The van der Waals surface area contributed by atoms with E-state index >= 15 is 0 Å². The van der Waals surface area contributed by atoms with Gasteiger partial charge in [0.05, 0.1) is 17.1 Å². The Morgan fingerprint density at radius 2 is 2.00 bits per heavy atom. The van der Waals surface area contributed by atoms with E-state index in [2.05, 4.69) is 34.7 Å². The van der Waals surface area contributed by atoms with E-state index in [-0.39, 0.29) is 5.91 Å². The van der Waals surface area contributed by atoms with Crippen LogP contribution in [0.5, 0.6) is 0 Å². The van der Waals surface area contributed by atoms with Crippen molar-refractivity contribution >= 4 is 18.1 Å². The van der Waals surface area contributed by atoms with E-state index in [1.807, 2.05) is 12.4 Å². The summed E-state index contributed by atoms with van der Waals surface area (Å²) in [7, 11) is 0. The van der Waals surface area contributed by atoms with Crippen LogP contribution >= 0.6 is 0 Å². The number of likely N-dealkylation sites (tertiary alicyclic amines) is 1. The second-order valence-electron chi connectivity index (χ2n) is 8.79. The molecule has 2 amide bonds. The molecule has 6 nitrogen and oxygen atoms in total. The fourth-order valence-corrected chi connectivity index (χ4v) is 3.93. The van der Waals surface area contributed by atoms with Gasteiger partial charge in [0.1, 0.15) is 11.9 Å². The minimum Gasteiger partial charge on any atom is -0.443 e. The molecule has 3 heterocycles. The number of fused-ring (bicyclic) bond motifs is 3. The van der Waals surface area contributed by atoms with Crippen LogP contribution in [-0.2, 0) is 22.4 Å². The summed E-state index contributed by atoms with van der Waals surface area (Å²) in [5.74, 6) is -0.278. The predicted octanol–water partition coefficient (Wildman–Crippen LogP) is 4.22. The van der Waals surface area contributed by atoms with Crippen molar-refractivity contribution < 1.29 is 14.3 Å². The number of imidazole rings is 1. The number of benzene rings is 1. The monoisotopic (exact) mass is 393 g/mol. The first-order chi connectivity index (χ1) is 13.7. The van der Waals surface area contributed by atoms with Gasteiger partial charge in [-0.2, -0.15) is 0 Å². The molecule has 0 bridgehead atoms. The molecule has 0 N–H and O–H groups in total. The van der Waals surface area contributed by atoms with Crippen LogP contribution in [0.25, 0.3) is 11.8 Å². The van der Waals surface area contributed by atoms with Crippen LogP contribution in [0.1, 0.15) is 56.1 Å². The number of carbonyl (C=O) groups excluding carboxylic acids is 2. The Morgan fingerprint density at radius 1 is 1.21 bits per heavy atom.